The highest BCUT2D eigenvalue weighted by Crippen LogP contribution is 2.16. The normalized spacial score (nSPS) is 16.6. The maximum Gasteiger partial charge on any atom is 0.235 e. The molecular formula is C8H14N2O3S. The zero-order valence-corrected chi connectivity index (χ0v) is 8.90. The molecule has 0 radical (unpaired) electrons. The predicted molar refractivity (Wildman–Crippen MR) is 53.3 cm³/mol. The Morgan fingerprint density at radius 1 is 1.57 bits per heavy atom. The van der Waals surface area contributed by atoms with Crippen molar-refractivity contribution in [3.63, 3.8) is 0 Å². The topological polar surface area (TPSA) is 85.3 Å². The minimum absolute atomic E-state index is 0.391. The molecule has 2 atom stereocenters. The number of nitrogens with two attached hydrogens (primary N) is 1. The van der Waals surface area contributed by atoms with E-state index < -0.39 is 22.2 Å². The summed E-state index contributed by atoms with van der Waals surface area (Å²) >= 11 is 0. The molecule has 5 nitrogen and oxygen atoms in total. The third-order valence-corrected chi connectivity index (χ3v) is 3.01. The van der Waals surface area contributed by atoms with Crippen LogP contribution < -0.4 is 5.73 Å². The Balaban J connectivity index is 3.18. The molecular weight excluding hydrogens is 204 g/mol. The SMILES string of the molecule is C[C@H](O)[C@@H](N)c1cccn1S(C)(=O)=O. The van der Waals surface area contributed by atoms with Gasteiger partial charge in [-0.05, 0) is 19.1 Å². The highest BCUT2D eigenvalue weighted by atomic mass is 32.2. The fourth-order valence-corrected chi connectivity index (χ4v) is 2.04. The van der Waals surface area contributed by atoms with Crippen molar-refractivity contribution in [2.75, 3.05) is 6.26 Å². The van der Waals surface area contributed by atoms with Crippen LogP contribution in [0, 0.1) is 0 Å². The van der Waals surface area contributed by atoms with E-state index in [0.29, 0.717) is 5.69 Å². The minimum atomic E-state index is -3.34. The fourth-order valence-electron chi connectivity index (χ4n) is 1.19. The van der Waals surface area contributed by atoms with Crippen molar-refractivity contribution in [2.45, 2.75) is 19.1 Å². The summed E-state index contributed by atoms with van der Waals surface area (Å²) in [4.78, 5) is 0. The molecule has 1 heterocycles. The first kappa shape index (κ1) is 11.2. The first-order chi connectivity index (χ1) is 6.34. The fraction of sp³-hybridized carbons (Fsp3) is 0.500. The maximum absolute atomic E-state index is 11.3. The lowest BCUT2D eigenvalue weighted by molar-refractivity contribution is 0.162. The number of hydrogen-bond acceptors (Lipinski definition) is 4. The third kappa shape index (κ3) is 2.14. The number of aliphatic hydroxyl groups is 1. The molecule has 0 unspecified atom stereocenters. The van der Waals surface area contributed by atoms with Crippen LogP contribution in [0.2, 0.25) is 0 Å². The molecule has 14 heavy (non-hydrogen) atoms. The number of hydrogen-bond donors (Lipinski definition) is 2. The van der Waals surface area contributed by atoms with Gasteiger partial charge in [0.2, 0.25) is 10.0 Å². The van der Waals surface area contributed by atoms with E-state index in [0.717, 1.165) is 10.2 Å². The monoisotopic (exact) mass is 218 g/mol. The second-order valence-corrected chi connectivity index (χ2v) is 5.12. The van der Waals surface area contributed by atoms with Gasteiger partial charge in [0.1, 0.15) is 0 Å². The Morgan fingerprint density at radius 3 is 2.57 bits per heavy atom. The van der Waals surface area contributed by atoms with Crippen molar-refractivity contribution in [2.24, 2.45) is 5.73 Å². The Hall–Kier alpha value is -0.850. The van der Waals surface area contributed by atoms with Crippen LogP contribution in [0.25, 0.3) is 0 Å². The Kier molecular flexibility index (Phi) is 2.98. The number of nitrogens with zero attached hydrogens (tertiary/aromatic N) is 1. The van der Waals surface area contributed by atoms with E-state index in [1.807, 2.05) is 0 Å². The lowest BCUT2D eigenvalue weighted by atomic mass is 10.1. The quantitative estimate of drug-likeness (QED) is 0.728. The van der Waals surface area contributed by atoms with Gasteiger partial charge in [0.05, 0.1) is 24.1 Å². The molecule has 0 bridgehead atoms. The predicted octanol–water partition coefficient (Wildman–Crippen LogP) is -0.324. The Labute approximate surface area is 83.2 Å². The molecule has 0 aliphatic heterocycles. The molecule has 0 spiro atoms. The van der Waals surface area contributed by atoms with E-state index in [4.69, 9.17) is 5.73 Å². The van der Waals surface area contributed by atoms with Gasteiger partial charge in [-0.1, -0.05) is 0 Å². The summed E-state index contributed by atoms with van der Waals surface area (Å²) in [5, 5.41) is 9.25. The molecule has 0 amide bonds. The number of rotatable bonds is 3. The largest absolute Gasteiger partial charge is 0.391 e. The molecule has 0 aliphatic rings. The molecule has 80 valence electrons. The average molecular weight is 218 g/mol. The first-order valence-corrected chi connectivity index (χ1v) is 6.00. The molecule has 0 fully saturated rings. The molecule has 6 heteroatoms. The molecule has 0 aliphatic carbocycles. The van der Waals surface area contributed by atoms with Crippen LogP contribution in [0.4, 0.5) is 0 Å². The van der Waals surface area contributed by atoms with Gasteiger partial charge in [-0.15, -0.1) is 0 Å². The molecule has 1 aromatic heterocycles. The lowest BCUT2D eigenvalue weighted by Crippen LogP contribution is -2.27. The summed E-state index contributed by atoms with van der Waals surface area (Å²) in [5.74, 6) is 0. The van der Waals surface area contributed by atoms with Gasteiger partial charge in [0.15, 0.2) is 0 Å². The molecule has 0 saturated carbocycles. The zero-order chi connectivity index (χ0) is 10.9. The minimum Gasteiger partial charge on any atom is -0.391 e. The van der Waals surface area contributed by atoms with Crippen LogP contribution >= 0.6 is 0 Å². The smallest absolute Gasteiger partial charge is 0.235 e. The average Bonchev–Trinajstić information content (AvgIpc) is 2.48. The van der Waals surface area contributed by atoms with Gasteiger partial charge in [-0.3, -0.25) is 0 Å². The van der Waals surface area contributed by atoms with E-state index in [-0.39, 0.29) is 0 Å². The summed E-state index contributed by atoms with van der Waals surface area (Å²) in [6.07, 6.45) is 1.71. The van der Waals surface area contributed by atoms with Gasteiger partial charge in [-0.25, -0.2) is 12.4 Å². The van der Waals surface area contributed by atoms with Crippen molar-refractivity contribution >= 4 is 10.0 Å². The first-order valence-electron chi connectivity index (χ1n) is 4.15. The zero-order valence-electron chi connectivity index (χ0n) is 8.08. The van der Waals surface area contributed by atoms with Gasteiger partial charge in [0, 0.05) is 6.20 Å². The van der Waals surface area contributed by atoms with Crippen molar-refractivity contribution in [1.82, 2.24) is 3.97 Å². The highest BCUT2D eigenvalue weighted by Gasteiger charge is 2.19. The Bertz CT molecular complexity index is 408. The van der Waals surface area contributed by atoms with Crippen LogP contribution in [0.1, 0.15) is 18.7 Å². The summed E-state index contributed by atoms with van der Waals surface area (Å²) in [6, 6.07) is 2.47. The Morgan fingerprint density at radius 2 is 2.14 bits per heavy atom. The third-order valence-electron chi connectivity index (χ3n) is 1.96. The van der Waals surface area contributed by atoms with Crippen LogP contribution in [0.15, 0.2) is 18.3 Å². The van der Waals surface area contributed by atoms with Gasteiger partial charge in [0.25, 0.3) is 0 Å². The number of aromatic nitrogens is 1. The lowest BCUT2D eigenvalue weighted by Gasteiger charge is -2.16. The second kappa shape index (κ2) is 3.72. The van der Waals surface area contributed by atoms with E-state index >= 15 is 0 Å². The van der Waals surface area contributed by atoms with E-state index in [1.165, 1.54) is 13.1 Å². The van der Waals surface area contributed by atoms with Crippen LogP contribution in [-0.4, -0.2) is 29.9 Å². The van der Waals surface area contributed by atoms with Crippen molar-refractivity contribution < 1.29 is 13.5 Å². The standard InChI is InChI=1S/C8H14N2O3S/c1-6(11)8(9)7-4-3-5-10(7)14(2,12)13/h3-6,8,11H,9H2,1-2H3/t6-,8+/m0/s1. The van der Waals surface area contributed by atoms with Crippen molar-refractivity contribution in [1.29, 1.82) is 0 Å². The van der Waals surface area contributed by atoms with E-state index in [9.17, 15) is 13.5 Å². The highest BCUT2D eigenvalue weighted by molar-refractivity contribution is 7.89. The van der Waals surface area contributed by atoms with Crippen LogP contribution in [-0.2, 0) is 10.0 Å². The molecule has 0 aromatic carbocycles. The molecule has 0 saturated heterocycles. The summed E-state index contributed by atoms with van der Waals surface area (Å²) in [6.45, 7) is 1.52. The molecule has 1 rings (SSSR count). The van der Waals surface area contributed by atoms with Gasteiger partial charge >= 0.3 is 0 Å². The van der Waals surface area contributed by atoms with Crippen molar-refractivity contribution in [3.8, 4) is 0 Å². The van der Waals surface area contributed by atoms with E-state index in [1.54, 1.807) is 12.1 Å². The molecule has 1 aromatic rings. The summed E-state index contributed by atoms with van der Waals surface area (Å²) in [5.41, 5.74) is 6.04. The summed E-state index contributed by atoms with van der Waals surface area (Å²) < 4.78 is 23.6. The van der Waals surface area contributed by atoms with Gasteiger partial charge in [-0.2, -0.15) is 0 Å². The molecule has 3 N–H and O–H groups in total. The summed E-state index contributed by atoms with van der Waals surface area (Å²) in [7, 11) is -3.34. The van der Waals surface area contributed by atoms with Crippen LogP contribution in [0.3, 0.4) is 0 Å². The van der Waals surface area contributed by atoms with Crippen LogP contribution in [0.5, 0.6) is 0 Å². The maximum atomic E-state index is 11.3. The second-order valence-electron chi connectivity index (χ2n) is 3.26. The van der Waals surface area contributed by atoms with E-state index in [2.05, 4.69) is 0 Å². The van der Waals surface area contributed by atoms with Gasteiger partial charge < -0.3 is 10.8 Å². The van der Waals surface area contributed by atoms with Crippen molar-refractivity contribution in [3.05, 3.63) is 24.0 Å². The number of aliphatic hydroxyl groups excluding tert-OH is 1.